The van der Waals surface area contributed by atoms with Crippen LogP contribution >= 0.6 is 11.3 Å². The summed E-state index contributed by atoms with van der Waals surface area (Å²) in [5.41, 5.74) is 6.78. The van der Waals surface area contributed by atoms with Crippen molar-refractivity contribution in [3.05, 3.63) is 16.1 Å². The number of aromatic nitrogens is 1. The zero-order chi connectivity index (χ0) is 12.5. The average Bonchev–Trinajstić information content (AvgIpc) is 2.78. The number of hydrogen-bond acceptors (Lipinski definition) is 6. The summed E-state index contributed by atoms with van der Waals surface area (Å²) in [5.74, 6) is 0. The number of nitrogens with zero attached hydrogens (tertiary/aromatic N) is 1. The summed E-state index contributed by atoms with van der Waals surface area (Å²) in [6.07, 6.45) is 0.814. The van der Waals surface area contributed by atoms with Gasteiger partial charge in [0.2, 0.25) is 0 Å². The molecule has 17 heavy (non-hydrogen) atoms. The van der Waals surface area contributed by atoms with Gasteiger partial charge in [-0.15, -0.1) is 11.3 Å². The van der Waals surface area contributed by atoms with Crippen molar-refractivity contribution >= 4 is 11.3 Å². The van der Waals surface area contributed by atoms with Gasteiger partial charge in [0.15, 0.2) is 0 Å². The van der Waals surface area contributed by atoms with Crippen LogP contribution in [0.4, 0.5) is 0 Å². The van der Waals surface area contributed by atoms with Crippen molar-refractivity contribution in [3.8, 4) is 0 Å². The van der Waals surface area contributed by atoms with Crippen LogP contribution in [0.2, 0.25) is 0 Å². The second kappa shape index (κ2) is 8.54. The van der Waals surface area contributed by atoms with E-state index in [1.54, 1.807) is 25.6 Å². The number of methoxy groups -OCH3 is 2. The molecule has 1 heterocycles. The summed E-state index contributed by atoms with van der Waals surface area (Å²) in [5, 5.41) is 3.03. The molecular weight excluding hydrogens is 240 g/mol. The summed E-state index contributed by atoms with van der Waals surface area (Å²) in [4.78, 5) is 4.45. The smallest absolute Gasteiger partial charge is 0.0951 e. The fourth-order valence-corrected chi connectivity index (χ4v) is 2.12. The lowest BCUT2D eigenvalue weighted by molar-refractivity contribution is 0.0722. The van der Waals surface area contributed by atoms with Crippen LogP contribution < -0.4 is 5.73 Å². The van der Waals surface area contributed by atoms with E-state index in [9.17, 15) is 0 Å². The molecule has 1 atom stereocenters. The molecule has 98 valence electrons. The maximum atomic E-state index is 5.88. The Morgan fingerprint density at radius 1 is 1.29 bits per heavy atom. The average molecular weight is 260 g/mol. The Kier molecular flexibility index (Phi) is 7.30. The third kappa shape index (κ3) is 5.56. The Labute approximate surface area is 106 Å². The number of rotatable bonds is 9. The molecule has 0 aliphatic carbocycles. The van der Waals surface area contributed by atoms with Crippen molar-refractivity contribution < 1.29 is 14.2 Å². The zero-order valence-electron chi connectivity index (χ0n) is 10.3. The fourth-order valence-electron chi connectivity index (χ4n) is 1.28. The number of thiazole rings is 1. The second-order valence-electron chi connectivity index (χ2n) is 3.58. The van der Waals surface area contributed by atoms with Crippen LogP contribution in [0.5, 0.6) is 0 Å². The first-order valence-corrected chi connectivity index (χ1v) is 6.41. The van der Waals surface area contributed by atoms with E-state index in [0.717, 1.165) is 17.1 Å². The van der Waals surface area contributed by atoms with E-state index >= 15 is 0 Å². The lowest BCUT2D eigenvalue weighted by Crippen LogP contribution is -2.16. The quantitative estimate of drug-likeness (QED) is 0.671. The molecule has 6 heteroatoms. The highest BCUT2D eigenvalue weighted by molar-refractivity contribution is 7.09. The van der Waals surface area contributed by atoms with Gasteiger partial charge >= 0.3 is 0 Å². The van der Waals surface area contributed by atoms with E-state index in [1.807, 2.05) is 5.38 Å². The van der Waals surface area contributed by atoms with Crippen LogP contribution in [0.3, 0.4) is 0 Å². The zero-order valence-corrected chi connectivity index (χ0v) is 11.2. The lowest BCUT2D eigenvalue weighted by Gasteiger charge is -2.06. The van der Waals surface area contributed by atoms with Gasteiger partial charge in [-0.1, -0.05) is 0 Å². The van der Waals surface area contributed by atoms with Crippen molar-refractivity contribution in [1.29, 1.82) is 0 Å². The maximum absolute atomic E-state index is 5.88. The van der Waals surface area contributed by atoms with E-state index in [2.05, 4.69) is 4.98 Å². The molecule has 0 aliphatic rings. The van der Waals surface area contributed by atoms with E-state index in [-0.39, 0.29) is 6.04 Å². The molecule has 0 saturated carbocycles. The Bertz CT molecular complexity index is 307. The highest BCUT2D eigenvalue weighted by Crippen LogP contribution is 2.15. The molecule has 0 aliphatic heterocycles. The van der Waals surface area contributed by atoms with Gasteiger partial charge < -0.3 is 19.9 Å². The number of nitrogens with two attached hydrogens (primary N) is 1. The molecule has 1 aromatic rings. The predicted molar refractivity (Wildman–Crippen MR) is 67.3 cm³/mol. The third-order valence-electron chi connectivity index (χ3n) is 2.19. The first kappa shape index (κ1) is 14.5. The molecule has 0 bridgehead atoms. The highest BCUT2D eigenvalue weighted by Gasteiger charge is 2.09. The SMILES string of the molecule is COCCOCCc1nc(C(N)COC)cs1. The molecule has 1 rings (SSSR count). The highest BCUT2D eigenvalue weighted by atomic mass is 32.1. The summed E-state index contributed by atoms with van der Waals surface area (Å²) < 4.78 is 15.3. The monoisotopic (exact) mass is 260 g/mol. The number of hydrogen-bond donors (Lipinski definition) is 1. The Morgan fingerprint density at radius 3 is 2.82 bits per heavy atom. The second-order valence-corrected chi connectivity index (χ2v) is 4.53. The van der Waals surface area contributed by atoms with Gasteiger partial charge in [0.1, 0.15) is 0 Å². The first-order valence-electron chi connectivity index (χ1n) is 5.53. The van der Waals surface area contributed by atoms with Crippen molar-refractivity contribution in [2.75, 3.05) is 40.6 Å². The van der Waals surface area contributed by atoms with Crippen molar-refractivity contribution in [1.82, 2.24) is 4.98 Å². The molecule has 5 nitrogen and oxygen atoms in total. The van der Waals surface area contributed by atoms with Crippen LogP contribution in [0, 0.1) is 0 Å². The van der Waals surface area contributed by atoms with Gasteiger partial charge in [-0.2, -0.15) is 0 Å². The van der Waals surface area contributed by atoms with Crippen molar-refractivity contribution in [2.45, 2.75) is 12.5 Å². The molecule has 0 radical (unpaired) electrons. The van der Waals surface area contributed by atoms with Crippen molar-refractivity contribution in [2.24, 2.45) is 5.73 Å². The molecule has 0 aromatic carbocycles. The van der Waals surface area contributed by atoms with Gasteiger partial charge in [0.05, 0.1) is 43.2 Å². The van der Waals surface area contributed by atoms with E-state index in [4.69, 9.17) is 19.9 Å². The Balaban J connectivity index is 2.25. The molecule has 0 fully saturated rings. The van der Waals surface area contributed by atoms with Gasteiger partial charge in [0, 0.05) is 26.0 Å². The molecular formula is C11H20N2O3S. The van der Waals surface area contributed by atoms with E-state index in [1.165, 1.54) is 0 Å². The predicted octanol–water partition coefficient (Wildman–Crippen LogP) is 0.995. The Hall–Kier alpha value is -0.530. The minimum absolute atomic E-state index is 0.139. The summed E-state index contributed by atoms with van der Waals surface area (Å²) in [6.45, 7) is 2.41. The lowest BCUT2D eigenvalue weighted by atomic mass is 10.2. The van der Waals surface area contributed by atoms with E-state index in [0.29, 0.717) is 26.4 Å². The molecule has 0 saturated heterocycles. The molecule has 2 N–H and O–H groups in total. The summed E-state index contributed by atoms with van der Waals surface area (Å²) in [6, 6.07) is -0.139. The number of ether oxygens (including phenoxy) is 3. The maximum Gasteiger partial charge on any atom is 0.0951 e. The normalized spacial score (nSPS) is 12.9. The van der Waals surface area contributed by atoms with Crippen LogP contribution in [0.25, 0.3) is 0 Å². The standard InChI is InChI=1S/C11H20N2O3S/c1-14-5-6-16-4-3-11-13-10(8-17-11)9(12)7-15-2/h8-9H,3-7,12H2,1-2H3. The largest absolute Gasteiger partial charge is 0.383 e. The summed E-state index contributed by atoms with van der Waals surface area (Å²) >= 11 is 1.61. The first-order chi connectivity index (χ1) is 8.27. The van der Waals surface area contributed by atoms with Crippen LogP contribution in [0.15, 0.2) is 5.38 Å². The van der Waals surface area contributed by atoms with Gasteiger partial charge in [-0.3, -0.25) is 0 Å². The van der Waals surface area contributed by atoms with Gasteiger partial charge in [0.25, 0.3) is 0 Å². The molecule has 0 spiro atoms. The Morgan fingerprint density at radius 2 is 2.12 bits per heavy atom. The minimum atomic E-state index is -0.139. The minimum Gasteiger partial charge on any atom is -0.383 e. The third-order valence-corrected chi connectivity index (χ3v) is 3.11. The van der Waals surface area contributed by atoms with Crippen LogP contribution in [0.1, 0.15) is 16.7 Å². The van der Waals surface area contributed by atoms with Crippen LogP contribution in [-0.4, -0.2) is 45.6 Å². The molecule has 1 aromatic heterocycles. The topological polar surface area (TPSA) is 66.6 Å². The summed E-state index contributed by atoms with van der Waals surface area (Å²) in [7, 11) is 3.30. The van der Waals surface area contributed by atoms with Crippen LogP contribution in [-0.2, 0) is 20.6 Å². The van der Waals surface area contributed by atoms with E-state index < -0.39 is 0 Å². The molecule has 1 unspecified atom stereocenters. The molecule has 0 amide bonds. The van der Waals surface area contributed by atoms with Gasteiger partial charge in [-0.25, -0.2) is 4.98 Å². The van der Waals surface area contributed by atoms with Crippen molar-refractivity contribution in [3.63, 3.8) is 0 Å². The van der Waals surface area contributed by atoms with Gasteiger partial charge in [-0.05, 0) is 0 Å². The fraction of sp³-hybridized carbons (Fsp3) is 0.727.